The molecule has 3 aromatic rings. The fraction of sp³-hybridized carbons (Fsp3) is 0.286. The zero-order valence-electron chi connectivity index (χ0n) is 16.5. The molecule has 0 unspecified atom stereocenters. The van der Waals surface area contributed by atoms with Gasteiger partial charge in [0.15, 0.2) is 17.3 Å². The molecule has 3 rings (SSSR count). The molecule has 0 aliphatic carbocycles. The Balaban J connectivity index is 1.55. The molecule has 0 saturated carbocycles. The van der Waals surface area contributed by atoms with Gasteiger partial charge in [0.25, 0.3) is 5.91 Å². The number of ether oxygens (including phenoxy) is 2. The molecule has 0 aliphatic rings. The third-order valence-corrected chi connectivity index (χ3v) is 4.59. The molecule has 1 amide bonds. The molecule has 0 saturated heterocycles. The number of benzene rings is 1. The highest BCUT2D eigenvalue weighted by Gasteiger charge is 2.11. The predicted octanol–water partition coefficient (Wildman–Crippen LogP) is 3.01. The number of hydrogen-bond donors (Lipinski definition) is 1. The van der Waals surface area contributed by atoms with Gasteiger partial charge in [-0.2, -0.15) is 5.10 Å². The van der Waals surface area contributed by atoms with Gasteiger partial charge in [0.1, 0.15) is 6.61 Å². The molecule has 0 spiro atoms. The lowest BCUT2D eigenvalue weighted by atomic mass is 10.2. The molecule has 0 radical (unpaired) electrons. The van der Waals surface area contributed by atoms with Crippen LogP contribution in [0.4, 0.5) is 0 Å². The summed E-state index contributed by atoms with van der Waals surface area (Å²) in [6.45, 7) is 6.70. The van der Waals surface area contributed by atoms with Gasteiger partial charge in [0.05, 0.1) is 24.9 Å². The molecule has 1 aromatic carbocycles. The van der Waals surface area contributed by atoms with E-state index in [2.05, 4.69) is 15.4 Å². The van der Waals surface area contributed by atoms with Crippen molar-refractivity contribution in [3.05, 3.63) is 65.1 Å². The van der Waals surface area contributed by atoms with Gasteiger partial charge in [-0.25, -0.2) is 9.67 Å². The van der Waals surface area contributed by atoms with Crippen LogP contribution in [0.1, 0.15) is 27.3 Å². The molecule has 0 fully saturated rings. The van der Waals surface area contributed by atoms with Gasteiger partial charge in [-0.15, -0.1) is 0 Å². The monoisotopic (exact) mass is 380 g/mol. The van der Waals surface area contributed by atoms with E-state index in [9.17, 15) is 4.79 Å². The minimum Gasteiger partial charge on any atom is -0.493 e. The summed E-state index contributed by atoms with van der Waals surface area (Å²) in [6, 6.07) is 10.9. The van der Waals surface area contributed by atoms with Gasteiger partial charge in [-0.3, -0.25) is 4.79 Å². The number of hydrogen-bond acceptors (Lipinski definition) is 5. The van der Waals surface area contributed by atoms with E-state index in [0.29, 0.717) is 36.0 Å². The lowest BCUT2D eigenvalue weighted by Gasteiger charge is -2.11. The minimum atomic E-state index is -0.202. The first-order valence-electron chi connectivity index (χ1n) is 9.04. The molecule has 0 atom stereocenters. The largest absolute Gasteiger partial charge is 0.493 e. The molecule has 2 aromatic heterocycles. The van der Waals surface area contributed by atoms with Crippen LogP contribution >= 0.6 is 0 Å². The van der Waals surface area contributed by atoms with Gasteiger partial charge in [-0.1, -0.05) is 12.1 Å². The quantitative estimate of drug-likeness (QED) is 0.638. The Bertz CT molecular complexity index is 964. The summed E-state index contributed by atoms with van der Waals surface area (Å²) in [7, 11) is 1.59. The number of nitrogens with one attached hydrogen (secondary N) is 1. The lowest BCUT2D eigenvalue weighted by molar-refractivity contribution is 0.0946. The Hall–Kier alpha value is -3.35. The van der Waals surface area contributed by atoms with Crippen LogP contribution in [0.25, 0.3) is 5.82 Å². The van der Waals surface area contributed by atoms with Crippen molar-refractivity contribution < 1.29 is 14.3 Å². The van der Waals surface area contributed by atoms with Gasteiger partial charge in [-0.05, 0) is 50.6 Å². The molecule has 1 N–H and O–H groups in total. The van der Waals surface area contributed by atoms with E-state index in [1.807, 2.05) is 45.0 Å². The van der Waals surface area contributed by atoms with Gasteiger partial charge in [0.2, 0.25) is 0 Å². The molecule has 146 valence electrons. The predicted molar refractivity (Wildman–Crippen MR) is 106 cm³/mol. The Morgan fingerprint density at radius 2 is 1.86 bits per heavy atom. The number of pyridine rings is 1. The molecular formula is C21H24N4O3. The summed E-state index contributed by atoms with van der Waals surface area (Å²) >= 11 is 0. The maximum absolute atomic E-state index is 12.3. The molecule has 2 heterocycles. The third-order valence-electron chi connectivity index (χ3n) is 4.59. The first-order chi connectivity index (χ1) is 13.5. The van der Waals surface area contributed by atoms with Crippen molar-refractivity contribution in [1.82, 2.24) is 20.1 Å². The van der Waals surface area contributed by atoms with Gasteiger partial charge >= 0.3 is 0 Å². The van der Waals surface area contributed by atoms with E-state index in [1.54, 1.807) is 30.1 Å². The van der Waals surface area contributed by atoms with Crippen molar-refractivity contribution in [2.24, 2.45) is 0 Å². The topological polar surface area (TPSA) is 78.3 Å². The van der Waals surface area contributed by atoms with Crippen molar-refractivity contribution in [3.63, 3.8) is 0 Å². The number of aromatic nitrogens is 3. The maximum Gasteiger partial charge on any atom is 0.252 e. The average Bonchev–Trinajstić information content (AvgIpc) is 2.98. The second-order valence-electron chi connectivity index (χ2n) is 6.37. The van der Waals surface area contributed by atoms with Gasteiger partial charge in [0, 0.05) is 11.9 Å². The number of amides is 1. The molecular weight excluding hydrogens is 356 g/mol. The lowest BCUT2D eigenvalue weighted by Crippen LogP contribution is -2.28. The van der Waals surface area contributed by atoms with E-state index in [1.165, 1.54) is 0 Å². The van der Waals surface area contributed by atoms with Crippen LogP contribution in [0.3, 0.4) is 0 Å². The van der Waals surface area contributed by atoms with Crippen LogP contribution in [-0.2, 0) is 0 Å². The second-order valence-corrected chi connectivity index (χ2v) is 6.37. The van der Waals surface area contributed by atoms with E-state index in [0.717, 1.165) is 17.0 Å². The highest BCUT2D eigenvalue weighted by Crippen LogP contribution is 2.25. The summed E-state index contributed by atoms with van der Waals surface area (Å²) in [4.78, 5) is 16.7. The number of rotatable bonds is 7. The van der Waals surface area contributed by atoms with E-state index < -0.39 is 0 Å². The van der Waals surface area contributed by atoms with Crippen molar-refractivity contribution in [2.45, 2.75) is 20.8 Å². The minimum absolute atomic E-state index is 0.202. The van der Waals surface area contributed by atoms with Crippen LogP contribution < -0.4 is 14.8 Å². The van der Waals surface area contributed by atoms with Crippen LogP contribution in [0.2, 0.25) is 0 Å². The van der Waals surface area contributed by atoms with Crippen LogP contribution in [0.5, 0.6) is 11.5 Å². The van der Waals surface area contributed by atoms with Crippen molar-refractivity contribution in [3.8, 4) is 17.3 Å². The Morgan fingerprint density at radius 3 is 2.46 bits per heavy atom. The standard InChI is InChI=1S/C21H24N4O3/c1-14-15(2)24-25(16(14)3)20-10-9-17(13-23-20)21(26)22-11-12-28-19-8-6-5-7-18(19)27-4/h5-10,13H,11-12H2,1-4H3,(H,22,26). The molecule has 0 aliphatic heterocycles. The van der Waals surface area contributed by atoms with E-state index in [-0.39, 0.29) is 5.91 Å². The second kappa shape index (κ2) is 8.56. The van der Waals surface area contributed by atoms with E-state index in [4.69, 9.17) is 9.47 Å². The van der Waals surface area contributed by atoms with Crippen LogP contribution in [0.15, 0.2) is 42.6 Å². The van der Waals surface area contributed by atoms with Crippen molar-refractivity contribution >= 4 is 5.91 Å². The number of carbonyl (C=O) groups is 1. The molecule has 28 heavy (non-hydrogen) atoms. The van der Waals surface area contributed by atoms with Gasteiger partial charge < -0.3 is 14.8 Å². The van der Waals surface area contributed by atoms with Crippen molar-refractivity contribution in [2.75, 3.05) is 20.3 Å². The normalized spacial score (nSPS) is 10.6. The first-order valence-corrected chi connectivity index (χ1v) is 9.04. The third kappa shape index (κ3) is 4.14. The summed E-state index contributed by atoms with van der Waals surface area (Å²) in [5, 5.41) is 7.31. The highest BCUT2D eigenvalue weighted by atomic mass is 16.5. The van der Waals surface area contributed by atoms with Crippen molar-refractivity contribution in [1.29, 1.82) is 0 Å². The summed E-state index contributed by atoms with van der Waals surface area (Å²) in [6.07, 6.45) is 1.55. The zero-order chi connectivity index (χ0) is 20.1. The van der Waals surface area contributed by atoms with Crippen LogP contribution in [-0.4, -0.2) is 40.9 Å². The van der Waals surface area contributed by atoms with E-state index >= 15 is 0 Å². The molecule has 0 bridgehead atoms. The smallest absolute Gasteiger partial charge is 0.252 e. The SMILES string of the molecule is COc1ccccc1OCCNC(=O)c1ccc(-n2nc(C)c(C)c2C)nc1. The maximum atomic E-state index is 12.3. The average molecular weight is 380 g/mol. The molecule has 7 nitrogen and oxygen atoms in total. The zero-order valence-corrected chi connectivity index (χ0v) is 16.5. The van der Waals surface area contributed by atoms with Crippen LogP contribution in [0, 0.1) is 20.8 Å². The number of aryl methyl sites for hydroxylation is 1. The Kier molecular flexibility index (Phi) is 5.93. The number of methoxy groups -OCH3 is 1. The summed E-state index contributed by atoms with van der Waals surface area (Å²) in [5.74, 6) is 1.79. The highest BCUT2D eigenvalue weighted by molar-refractivity contribution is 5.93. The first kappa shape index (κ1) is 19.4. The summed E-state index contributed by atoms with van der Waals surface area (Å²) < 4.78 is 12.7. The Morgan fingerprint density at radius 1 is 1.11 bits per heavy atom. The Labute approximate surface area is 164 Å². The fourth-order valence-corrected chi connectivity index (χ4v) is 2.76. The molecule has 7 heteroatoms. The number of para-hydroxylation sites is 2. The number of nitrogens with zero attached hydrogens (tertiary/aromatic N) is 3. The summed E-state index contributed by atoms with van der Waals surface area (Å²) in [5.41, 5.74) is 3.63. The number of carbonyl (C=O) groups excluding carboxylic acids is 1. The fourth-order valence-electron chi connectivity index (χ4n) is 2.76.